The molecule has 0 aliphatic carbocycles. The Labute approximate surface area is 198 Å². The molecule has 1 unspecified atom stereocenters. The molecule has 0 spiro atoms. The lowest BCUT2D eigenvalue weighted by Gasteiger charge is -2.31. The van der Waals surface area contributed by atoms with Gasteiger partial charge in [-0.3, -0.25) is 9.80 Å². The van der Waals surface area contributed by atoms with Gasteiger partial charge in [0.05, 0.1) is 85.3 Å². The normalized spacial score (nSPS) is 28.5. The number of ether oxygens (including phenoxy) is 7. The Morgan fingerprint density at radius 2 is 1.15 bits per heavy atom. The minimum absolute atomic E-state index is 0.138. The van der Waals surface area contributed by atoms with Crippen LogP contribution >= 0.6 is 0 Å². The second-order valence-electron chi connectivity index (χ2n) is 8.05. The fourth-order valence-corrected chi connectivity index (χ4v) is 3.39. The first-order chi connectivity index (χ1) is 16.2. The number of carbonyl (C=O) groups excluding carboxylic acids is 1. The molecule has 192 valence electrons. The first kappa shape index (κ1) is 28.1. The van der Waals surface area contributed by atoms with E-state index in [-0.39, 0.29) is 12.6 Å². The van der Waals surface area contributed by atoms with E-state index < -0.39 is 5.97 Å². The maximum atomic E-state index is 12.0. The Kier molecular flexibility index (Phi) is 15.6. The van der Waals surface area contributed by atoms with Crippen LogP contribution in [0.15, 0.2) is 12.2 Å². The van der Waals surface area contributed by atoms with Crippen LogP contribution in [-0.2, 0) is 38.0 Å². The van der Waals surface area contributed by atoms with Crippen molar-refractivity contribution in [1.29, 1.82) is 0 Å². The van der Waals surface area contributed by atoms with E-state index in [0.29, 0.717) is 97.9 Å². The summed E-state index contributed by atoms with van der Waals surface area (Å²) in [6.07, 6.45) is 0. The molecule has 3 aliphatic heterocycles. The van der Waals surface area contributed by atoms with Crippen LogP contribution in [0.25, 0.3) is 0 Å². The number of carbonyl (C=O) groups is 1. The number of fused-ring (bicyclic) bond motifs is 21. The fraction of sp³-hybridized carbons (Fsp3) is 0.870. The Balaban J connectivity index is 2.04. The molecule has 0 amide bonds. The first-order valence-corrected chi connectivity index (χ1v) is 11.9. The molecule has 3 saturated heterocycles. The third kappa shape index (κ3) is 13.4. The molecule has 0 aromatic carbocycles. The highest BCUT2D eigenvalue weighted by molar-refractivity contribution is 5.86. The second kappa shape index (κ2) is 18.2. The third-order valence-electron chi connectivity index (χ3n) is 5.40. The Morgan fingerprint density at radius 3 is 1.61 bits per heavy atom. The zero-order chi connectivity index (χ0) is 23.6. The van der Waals surface area contributed by atoms with E-state index in [2.05, 4.69) is 16.4 Å². The van der Waals surface area contributed by atoms with Gasteiger partial charge in [-0.15, -0.1) is 0 Å². The van der Waals surface area contributed by atoms with Gasteiger partial charge in [0.2, 0.25) is 0 Å². The van der Waals surface area contributed by atoms with Crippen molar-refractivity contribution in [3.05, 3.63) is 12.2 Å². The van der Waals surface area contributed by atoms with E-state index in [1.54, 1.807) is 6.92 Å². The van der Waals surface area contributed by atoms with Crippen molar-refractivity contribution in [3.8, 4) is 0 Å². The lowest BCUT2D eigenvalue weighted by Crippen LogP contribution is -2.46. The van der Waals surface area contributed by atoms with Gasteiger partial charge in [-0.25, -0.2) is 4.79 Å². The monoisotopic (exact) mass is 474 g/mol. The zero-order valence-electron chi connectivity index (χ0n) is 20.2. The average molecular weight is 475 g/mol. The minimum atomic E-state index is -0.404. The molecule has 3 fully saturated rings. The van der Waals surface area contributed by atoms with E-state index in [4.69, 9.17) is 33.2 Å². The number of esters is 1. The van der Waals surface area contributed by atoms with E-state index in [9.17, 15) is 4.79 Å². The Bertz CT molecular complexity index is 517. The third-order valence-corrected chi connectivity index (χ3v) is 5.40. The van der Waals surface area contributed by atoms with Crippen LogP contribution in [0.4, 0.5) is 0 Å². The van der Waals surface area contributed by atoms with Crippen LogP contribution in [0, 0.1) is 0 Å². The zero-order valence-corrected chi connectivity index (χ0v) is 20.2. The molecular weight excluding hydrogens is 432 g/mol. The summed E-state index contributed by atoms with van der Waals surface area (Å²) in [5.74, 6) is -0.404. The van der Waals surface area contributed by atoms with Crippen LogP contribution in [0.5, 0.6) is 0 Å². The average Bonchev–Trinajstić information content (AvgIpc) is 2.80. The summed E-state index contributed by atoms with van der Waals surface area (Å²) >= 11 is 0. The van der Waals surface area contributed by atoms with E-state index in [0.717, 1.165) is 19.6 Å². The van der Waals surface area contributed by atoms with Gasteiger partial charge in [-0.1, -0.05) is 6.58 Å². The predicted molar refractivity (Wildman–Crippen MR) is 122 cm³/mol. The van der Waals surface area contributed by atoms with Gasteiger partial charge in [0.1, 0.15) is 6.61 Å². The van der Waals surface area contributed by atoms with Gasteiger partial charge in [-0.05, 0) is 6.92 Å². The molecule has 0 radical (unpaired) electrons. The summed E-state index contributed by atoms with van der Waals surface area (Å²) < 4.78 is 40.2. The second-order valence-corrected chi connectivity index (χ2v) is 8.05. The largest absolute Gasteiger partial charge is 0.461 e. The molecule has 0 aromatic rings. The van der Waals surface area contributed by atoms with Crippen LogP contribution in [0.1, 0.15) is 6.92 Å². The van der Waals surface area contributed by atoms with Crippen molar-refractivity contribution < 1.29 is 38.0 Å². The van der Waals surface area contributed by atoms with Gasteiger partial charge in [0.15, 0.2) is 0 Å². The summed E-state index contributed by atoms with van der Waals surface area (Å²) in [5.41, 5.74) is 0.373. The lowest BCUT2D eigenvalue weighted by molar-refractivity contribution is -0.142. The quantitative estimate of drug-likeness (QED) is 0.418. The van der Waals surface area contributed by atoms with Crippen LogP contribution in [-0.4, -0.2) is 140 Å². The van der Waals surface area contributed by atoms with Gasteiger partial charge in [0, 0.05) is 38.3 Å². The summed E-state index contributed by atoms with van der Waals surface area (Å²) in [4.78, 5) is 16.4. The van der Waals surface area contributed by atoms with E-state index in [1.807, 2.05) is 0 Å². The molecule has 1 atom stereocenters. The molecule has 33 heavy (non-hydrogen) atoms. The predicted octanol–water partition coefficient (Wildman–Crippen LogP) is 0.205. The van der Waals surface area contributed by atoms with Gasteiger partial charge in [-0.2, -0.15) is 0 Å². The summed E-state index contributed by atoms with van der Waals surface area (Å²) in [5, 5.41) is 0. The van der Waals surface area contributed by atoms with Gasteiger partial charge < -0.3 is 33.2 Å². The Morgan fingerprint density at radius 1 is 0.727 bits per heavy atom. The standard InChI is InChI=1S/C23H42N2O8/c1-21(2)23(26)33-20-22-19-32-18-17-29-10-5-24-3-8-27-13-15-30-11-6-25(22)7-12-31-16-14-28-9-4-24/h22H,1,3-20H2,2H3. The van der Waals surface area contributed by atoms with Crippen molar-refractivity contribution in [3.63, 3.8) is 0 Å². The summed E-state index contributed by atoms with van der Waals surface area (Å²) in [6.45, 7) is 15.7. The molecule has 0 aromatic heterocycles. The van der Waals surface area contributed by atoms with Crippen molar-refractivity contribution in [2.75, 3.05) is 119 Å². The molecule has 10 nitrogen and oxygen atoms in total. The van der Waals surface area contributed by atoms with Gasteiger partial charge >= 0.3 is 5.97 Å². The minimum Gasteiger partial charge on any atom is -0.461 e. The summed E-state index contributed by atoms with van der Waals surface area (Å²) in [7, 11) is 0. The molecule has 3 heterocycles. The number of hydrogen-bond acceptors (Lipinski definition) is 10. The van der Waals surface area contributed by atoms with Crippen molar-refractivity contribution in [2.45, 2.75) is 13.0 Å². The molecule has 0 N–H and O–H groups in total. The van der Waals surface area contributed by atoms with Crippen molar-refractivity contribution >= 4 is 5.97 Å². The van der Waals surface area contributed by atoms with E-state index in [1.165, 1.54) is 0 Å². The smallest absolute Gasteiger partial charge is 0.333 e. The van der Waals surface area contributed by atoms with Crippen molar-refractivity contribution in [2.24, 2.45) is 0 Å². The maximum Gasteiger partial charge on any atom is 0.333 e. The Hall–Kier alpha value is -1.11. The molecule has 2 bridgehead atoms. The number of hydrogen-bond donors (Lipinski definition) is 0. The summed E-state index contributed by atoms with van der Waals surface area (Å²) in [6, 6.07) is -0.138. The molecule has 10 heteroatoms. The molecule has 3 rings (SSSR count). The molecular formula is C23H42N2O8. The van der Waals surface area contributed by atoms with Crippen LogP contribution in [0.3, 0.4) is 0 Å². The highest BCUT2D eigenvalue weighted by atomic mass is 16.5. The highest BCUT2D eigenvalue weighted by Crippen LogP contribution is 2.06. The highest BCUT2D eigenvalue weighted by Gasteiger charge is 2.21. The first-order valence-electron chi connectivity index (χ1n) is 11.9. The fourth-order valence-electron chi connectivity index (χ4n) is 3.39. The SMILES string of the molecule is C=C(C)C(=O)OCC1COCCOCCN2CCOCCOCCN1CCOCCOCC2. The van der Waals surface area contributed by atoms with Crippen LogP contribution < -0.4 is 0 Å². The number of rotatable bonds is 3. The van der Waals surface area contributed by atoms with E-state index >= 15 is 0 Å². The number of nitrogens with zero attached hydrogens (tertiary/aromatic N) is 2. The maximum absolute atomic E-state index is 12.0. The molecule has 0 saturated carbocycles. The van der Waals surface area contributed by atoms with Gasteiger partial charge in [0.25, 0.3) is 0 Å². The lowest BCUT2D eigenvalue weighted by atomic mass is 10.2. The van der Waals surface area contributed by atoms with Crippen molar-refractivity contribution in [1.82, 2.24) is 9.80 Å². The topological polar surface area (TPSA) is 88.2 Å². The molecule has 3 aliphatic rings. The van der Waals surface area contributed by atoms with Crippen LogP contribution in [0.2, 0.25) is 0 Å².